The smallest absolute Gasteiger partial charge is 0.0326 e. The van der Waals surface area contributed by atoms with Gasteiger partial charge in [0.2, 0.25) is 0 Å². The Kier molecular flexibility index (Phi) is 2.76. The van der Waals surface area contributed by atoms with Crippen LogP contribution in [0.1, 0.15) is 19.4 Å². The van der Waals surface area contributed by atoms with Crippen LogP contribution in [0.2, 0.25) is 0 Å². The molecule has 1 nitrogen and oxygen atoms in total. The van der Waals surface area contributed by atoms with Gasteiger partial charge in [0.25, 0.3) is 0 Å². The SMILES string of the molecule is CC(C)C#Cc1cccc(N)c1. The minimum Gasteiger partial charge on any atom is -0.399 e. The van der Waals surface area contributed by atoms with Crippen LogP contribution in [0.4, 0.5) is 5.69 Å². The van der Waals surface area contributed by atoms with Crippen LogP contribution in [0.25, 0.3) is 0 Å². The predicted octanol–water partition coefficient (Wildman–Crippen LogP) is 2.28. The van der Waals surface area contributed by atoms with Crippen LogP contribution in [0.15, 0.2) is 24.3 Å². The van der Waals surface area contributed by atoms with Crippen LogP contribution in [-0.4, -0.2) is 0 Å². The van der Waals surface area contributed by atoms with E-state index in [4.69, 9.17) is 5.73 Å². The van der Waals surface area contributed by atoms with Crippen LogP contribution in [0.5, 0.6) is 0 Å². The first-order valence-electron chi connectivity index (χ1n) is 4.05. The second kappa shape index (κ2) is 3.82. The van der Waals surface area contributed by atoms with Crippen molar-refractivity contribution in [3.8, 4) is 11.8 Å². The van der Waals surface area contributed by atoms with Crippen molar-refractivity contribution in [1.29, 1.82) is 0 Å². The third kappa shape index (κ3) is 2.67. The standard InChI is InChI=1S/C11H13N/c1-9(2)6-7-10-4-3-5-11(12)8-10/h3-5,8-9H,12H2,1-2H3. The van der Waals surface area contributed by atoms with Gasteiger partial charge < -0.3 is 5.73 Å². The molecular formula is C11H13N. The zero-order chi connectivity index (χ0) is 8.97. The van der Waals surface area contributed by atoms with E-state index in [0.29, 0.717) is 5.92 Å². The maximum absolute atomic E-state index is 5.60. The lowest BCUT2D eigenvalue weighted by molar-refractivity contribution is 0.866. The van der Waals surface area contributed by atoms with Gasteiger partial charge in [-0.15, -0.1) is 0 Å². The summed E-state index contributed by atoms with van der Waals surface area (Å²) < 4.78 is 0. The minimum absolute atomic E-state index is 0.409. The van der Waals surface area contributed by atoms with Crippen molar-refractivity contribution in [2.45, 2.75) is 13.8 Å². The van der Waals surface area contributed by atoms with Crippen LogP contribution in [0, 0.1) is 17.8 Å². The van der Waals surface area contributed by atoms with E-state index in [1.165, 1.54) is 0 Å². The molecule has 0 spiro atoms. The average molecular weight is 159 g/mol. The van der Waals surface area contributed by atoms with Crippen LogP contribution in [0.3, 0.4) is 0 Å². The second-order valence-corrected chi connectivity index (χ2v) is 3.05. The van der Waals surface area contributed by atoms with E-state index in [1.807, 2.05) is 24.3 Å². The van der Waals surface area contributed by atoms with E-state index in [1.54, 1.807) is 0 Å². The maximum Gasteiger partial charge on any atom is 0.0326 e. The van der Waals surface area contributed by atoms with Crippen LogP contribution < -0.4 is 5.73 Å². The van der Waals surface area contributed by atoms with Gasteiger partial charge in [-0.05, 0) is 18.2 Å². The van der Waals surface area contributed by atoms with Crippen molar-refractivity contribution >= 4 is 5.69 Å². The molecular weight excluding hydrogens is 146 g/mol. The Balaban J connectivity index is 2.85. The molecule has 0 fully saturated rings. The lowest BCUT2D eigenvalue weighted by Gasteiger charge is -1.93. The molecule has 0 aliphatic heterocycles. The van der Waals surface area contributed by atoms with Crippen molar-refractivity contribution in [3.05, 3.63) is 29.8 Å². The molecule has 0 aromatic heterocycles. The fourth-order valence-electron chi connectivity index (χ4n) is 0.844. The molecule has 1 rings (SSSR count). The number of nitrogen functional groups attached to an aromatic ring is 1. The number of nitrogens with two attached hydrogens (primary N) is 1. The summed E-state index contributed by atoms with van der Waals surface area (Å²) in [6.45, 7) is 4.14. The molecule has 2 N–H and O–H groups in total. The molecule has 0 unspecified atom stereocenters. The third-order valence-electron chi connectivity index (χ3n) is 1.39. The van der Waals surface area contributed by atoms with E-state index in [-0.39, 0.29) is 0 Å². The molecule has 0 saturated heterocycles. The molecule has 0 bridgehead atoms. The molecule has 12 heavy (non-hydrogen) atoms. The molecule has 0 atom stereocenters. The molecule has 0 saturated carbocycles. The highest BCUT2D eigenvalue weighted by Gasteiger charge is 1.87. The number of anilines is 1. The first kappa shape index (κ1) is 8.67. The Morgan fingerprint density at radius 3 is 2.67 bits per heavy atom. The van der Waals surface area contributed by atoms with Crippen molar-refractivity contribution in [1.82, 2.24) is 0 Å². The van der Waals surface area contributed by atoms with E-state index in [9.17, 15) is 0 Å². The van der Waals surface area contributed by atoms with Gasteiger partial charge in [0.05, 0.1) is 0 Å². The lowest BCUT2D eigenvalue weighted by atomic mass is 10.1. The maximum atomic E-state index is 5.60. The first-order chi connectivity index (χ1) is 5.68. The van der Waals surface area contributed by atoms with Crippen molar-refractivity contribution in [2.24, 2.45) is 5.92 Å². The van der Waals surface area contributed by atoms with Crippen LogP contribution >= 0.6 is 0 Å². The van der Waals surface area contributed by atoms with E-state index >= 15 is 0 Å². The Morgan fingerprint density at radius 1 is 1.33 bits per heavy atom. The Hall–Kier alpha value is -1.42. The average Bonchev–Trinajstić information content (AvgIpc) is 2.01. The largest absolute Gasteiger partial charge is 0.399 e. The van der Waals surface area contributed by atoms with E-state index < -0.39 is 0 Å². The van der Waals surface area contributed by atoms with E-state index in [2.05, 4.69) is 25.7 Å². The Labute approximate surface area is 73.6 Å². The fraction of sp³-hybridized carbons (Fsp3) is 0.273. The zero-order valence-electron chi connectivity index (χ0n) is 7.46. The van der Waals surface area contributed by atoms with Gasteiger partial charge in [0, 0.05) is 17.2 Å². The summed E-state index contributed by atoms with van der Waals surface area (Å²) >= 11 is 0. The minimum atomic E-state index is 0.409. The highest BCUT2D eigenvalue weighted by Crippen LogP contribution is 2.04. The molecule has 0 aliphatic carbocycles. The monoisotopic (exact) mass is 159 g/mol. The summed E-state index contributed by atoms with van der Waals surface area (Å²) in [5.41, 5.74) is 7.36. The van der Waals surface area contributed by atoms with Gasteiger partial charge in [-0.1, -0.05) is 31.8 Å². The van der Waals surface area contributed by atoms with Gasteiger partial charge in [-0.25, -0.2) is 0 Å². The molecule has 0 aliphatic rings. The molecule has 0 radical (unpaired) electrons. The van der Waals surface area contributed by atoms with Gasteiger partial charge >= 0.3 is 0 Å². The number of rotatable bonds is 0. The van der Waals surface area contributed by atoms with Crippen LogP contribution in [-0.2, 0) is 0 Å². The molecule has 0 heterocycles. The van der Waals surface area contributed by atoms with Crippen molar-refractivity contribution < 1.29 is 0 Å². The summed E-state index contributed by atoms with van der Waals surface area (Å²) in [5.74, 6) is 6.55. The summed E-state index contributed by atoms with van der Waals surface area (Å²) in [7, 11) is 0. The summed E-state index contributed by atoms with van der Waals surface area (Å²) in [6, 6.07) is 7.63. The summed E-state index contributed by atoms with van der Waals surface area (Å²) in [6.07, 6.45) is 0. The first-order valence-corrected chi connectivity index (χ1v) is 4.05. The summed E-state index contributed by atoms with van der Waals surface area (Å²) in [5, 5.41) is 0. The van der Waals surface area contributed by atoms with Gasteiger partial charge in [0.15, 0.2) is 0 Å². The Bertz CT molecular complexity index is 315. The third-order valence-corrected chi connectivity index (χ3v) is 1.39. The quantitative estimate of drug-likeness (QED) is 0.456. The highest BCUT2D eigenvalue weighted by atomic mass is 14.5. The highest BCUT2D eigenvalue weighted by molar-refractivity contribution is 5.47. The van der Waals surface area contributed by atoms with Gasteiger partial charge in [-0.2, -0.15) is 0 Å². The number of hydrogen-bond donors (Lipinski definition) is 1. The zero-order valence-corrected chi connectivity index (χ0v) is 7.46. The normalized spacial score (nSPS) is 9.25. The molecule has 0 amide bonds. The van der Waals surface area contributed by atoms with Crippen molar-refractivity contribution in [2.75, 3.05) is 5.73 Å². The fourth-order valence-corrected chi connectivity index (χ4v) is 0.844. The second-order valence-electron chi connectivity index (χ2n) is 3.05. The lowest BCUT2D eigenvalue weighted by Crippen LogP contribution is -1.85. The van der Waals surface area contributed by atoms with Crippen molar-refractivity contribution in [3.63, 3.8) is 0 Å². The predicted molar refractivity (Wildman–Crippen MR) is 52.6 cm³/mol. The molecule has 62 valence electrons. The molecule has 1 aromatic carbocycles. The molecule has 1 aromatic rings. The Morgan fingerprint density at radius 2 is 2.08 bits per heavy atom. The van der Waals surface area contributed by atoms with Gasteiger partial charge in [0.1, 0.15) is 0 Å². The summed E-state index contributed by atoms with van der Waals surface area (Å²) in [4.78, 5) is 0. The molecule has 1 heteroatoms. The topological polar surface area (TPSA) is 26.0 Å². The number of benzene rings is 1. The van der Waals surface area contributed by atoms with E-state index in [0.717, 1.165) is 11.3 Å². The van der Waals surface area contributed by atoms with Gasteiger partial charge in [-0.3, -0.25) is 0 Å². The number of hydrogen-bond acceptors (Lipinski definition) is 1.